The van der Waals surface area contributed by atoms with Gasteiger partial charge in [0.15, 0.2) is 0 Å². The van der Waals surface area contributed by atoms with E-state index in [1.807, 2.05) is 6.92 Å². The second-order valence-electron chi connectivity index (χ2n) is 4.96. The van der Waals surface area contributed by atoms with Gasteiger partial charge in [-0.3, -0.25) is 0 Å². The maximum Gasteiger partial charge on any atom is 0.211 e. The second-order valence-corrected chi connectivity index (χ2v) is 6.94. The molecule has 0 aliphatic heterocycles. The molecule has 1 rings (SSSR count). The van der Waals surface area contributed by atoms with Gasteiger partial charge in [0, 0.05) is 26.2 Å². The number of hydrogen-bond acceptors (Lipinski definition) is 4. The zero-order valence-electron chi connectivity index (χ0n) is 11.7. The Bertz CT molecular complexity index is 328. The zero-order valence-corrected chi connectivity index (χ0v) is 12.5. The second kappa shape index (κ2) is 7.43. The van der Waals surface area contributed by atoms with Gasteiger partial charge >= 0.3 is 0 Å². The lowest BCUT2D eigenvalue weighted by Crippen LogP contribution is -2.38. The Morgan fingerprint density at radius 2 is 2.11 bits per heavy atom. The van der Waals surface area contributed by atoms with Crippen molar-refractivity contribution in [2.45, 2.75) is 32.2 Å². The van der Waals surface area contributed by atoms with Gasteiger partial charge in [-0.1, -0.05) is 6.92 Å². The molecule has 108 valence electrons. The molecule has 1 aliphatic rings. The normalized spacial score (nSPS) is 18.2. The predicted molar refractivity (Wildman–Crippen MR) is 73.1 cm³/mol. The fraction of sp³-hybridized carbons (Fsp3) is 1.00. The molecule has 6 heteroatoms. The quantitative estimate of drug-likeness (QED) is 0.597. The van der Waals surface area contributed by atoms with Crippen LogP contribution in [0.5, 0.6) is 0 Å². The van der Waals surface area contributed by atoms with Gasteiger partial charge in [0.2, 0.25) is 10.0 Å². The molecule has 1 aliphatic carbocycles. The van der Waals surface area contributed by atoms with Gasteiger partial charge in [-0.2, -0.15) is 0 Å². The SMILES string of the molecule is CCN(CCCNC(COC)C1CC1)S(C)(=O)=O. The zero-order chi connectivity index (χ0) is 13.6. The highest BCUT2D eigenvalue weighted by Crippen LogP contribution is 2.32. The molecule has 0 heterocycles. The lowest BCUT2D eigenvalue weighted by atomic mass is 10.2. The first-order chi connectivity index (χ1) is 8.49. The molecule has 1 atom stereocenters. The fourth-order valence-electron chi connectivity index (χ4n) is 2.14. The molecule has 18 heavy (non-hydrogen) atoms. The van der Waals surface area contributed by atoms with Crippen LogP contribution < -0.4 is 5.32 Å². The van der Waals surface area contributed by atoms with Crippen molar-refractivity contribution in [3.05, 3.63) is 0 Å². The van der Waals surface area contributed by atoms with Crippen molar-refractivity contribution in [3.63, 3.8) is 0 Å². The van der Waals surface area contributed by atoms with E-state index in [0.717, 1.165) is 25.5 Å². The highest BCUT2D eigenvalue weighted by Gasteiger charge is 2.30. The lowest BCUT2D eigenvalue weighted by molar-refractivity contribution is 0.157. The van der Waals surface area contributed by atoms with Gasteiger partial charge in [0.05, 0.1) is 12.9 Å². The van der Waals surface area contributed by atoms with E-state index in [1.54, 1.807) is 7.11 Å². The van der Waals surface area contributed by atoms with E-state index < -0.39 is 10.0 Å². The smallest absolute Gasteiger partial charge is 0.211 e. The van der Waals surface area contributed by atoms with Crippen molar-refractivity contribution in [2.75, 3.05) is 39.6 Å². The highest BCUT2D eigenvalue weighted by molar-refractivity contribution is 7.88. The molecule has 0 radical (unpaired) electrons. The molecule has 1 saturated carbocycles. The molecule has 1 N–H and O–H groups in total. The first-order valence-electron chi connectivity index (χ1n) is 6.66. The van der Waals surface area contributed by atoms with Gasteiger partial charge in [-0.15, -0.1) is 0 Å². The molecule has 0 bridgehead atoms. The Kier molecular flexibility index (Phi) is 6.55. The third-order valence-electron chi connectivity index (χ3n) is 3.35. The number of ether oxygens (including phenoxy) is 1. The van der Waals surface area contributed by atoms with Crippen molar-refractivity contribution >= 4 is 10.0 Å². The number of methoxy groups -OCH3 is 1. The Labute approximate surface area is 111 Å². The standard InChI is InChI=1S/C12H26N2O3S/c1-4-14(18(3,15)16)9-5-8-13-12(10-17-2)11-6-7-11/h11-13H,4-10H2,1-3H3. The number of hydrogen-bond donors (Lipinski definition) is 1. The van der Waals surface area contributed by atoms with Gasteiger partial charge < -0.3 is 10.1 Å². The molecule has 0 aromatic carbocycles. The first-order valence-corrected chi connectivity index (χ1v) is 8.51. The summed E-state index contributed by atoms with van der Waals surface area (Å²) < 4.78 is 29.5. The Balaban J connectivity index is 2.20. The van der Waals surface area contributed by atoms with E-state index in [-0.39, 0.29) is 0 Å². The molecular formula is C12H26N2O3S. The summed E-state index contributed by atoms with van der Waals surface area (Å²) in [5.74, 6) is 0.752. The largest absolute Gasteiger partial charge is 0.383 e. The third kappa shape index (κ3) is 5.65. The molecule has 1 fully saturated rings. The summed E-state index contributed by atoms with van der Waals surface area (Å²) >= 11 is 0. The van der Waals surface area contributed by atoms with Crippen molar-refractivity contribution < 1.29 is 13.2 Å². The average Bonchev–Trinajstić information content (AvgIpc) is 3.09. The van der Waals surface area contributed by atoms with Gasteiger partial charge in [-0.25, -0.2) is 12.7 Å². The first kappa shape index (κ1) is 15.9. The Morgan fingerprint density at radius 1 is 1.44 bits per heavy atom. The molecule has 0 aromatic rings. The fourth-order valence-corrected chi connectivity index (χ4v) is 3.07. The van der Waals surface area contributed by atoms with Crippen LogP contribution in [0.15, 0.2) is 0 Å². The van der Waals surface area contributed by atoms with Crippen LogP contribution in [0.1, 0.15) is 26.2 Å². The number of nitrogens with zero attached hydrogens (tertiary/aromatic N) is 1. The molecule has 1 unspecified atom stereocenters. The molecule has 0 saturated heterocycles. The van der Waals surface area contributed by atoms with Crippen LogP contribution in [0.4, 0.5) is 0 Å². The van der Waals surface area contributed by atoms with E-state index >= 15 is 0 Å². The molecule has 5 nitrogen and oxygen atoms in total. The van der Waals surface area contributed by atoms with E-state index in [2.05, 4.69) is 5.32 Å². The monoisotopic (exact) mass is 278 g/mol. The number of sulfonamides is 1. The van der Waals surface area contributed by atoms with E-state index in [9.17, 15) is 8.42 Å². The van der Waals surface area contributed by atoms with Crippen LogP contribution in [0.3, 0.4) is 0 Å². The van der Waals surface area contributed by atoms with Crippen molar-refractivity contribution in [1.82, 2.24) is 9.62 Å². The molecule has 0 amide bonds. The van der Waals surface area contributed by atoms with E-state index in [1.165, 1.54) is 23.4 Å². The molecular weight excluding hydrogens is 252 g/mol. The lowest BCUT2D eigenvalue weighted by Gasteiger charge is -2.20. The van der Waals surface area contributed by atoms with Crippen LogP contribution >= 0.6 is 0 Å². The maximum atomic E-state index is 11.4. The van der Waals surface area contributed by atoms with E-state index in [0.29, 0.717) is 19.1 Å². The van der Waals surface area contributed by atoms with Gasteiger partial charge in [0.1, 0.15) is 0 Å². The maximum absolute atomic E-state index is 11.4. The average molecular weight is 278 g/mol. The third-order valence-corrected chi connectivity index (χ3v) is 4.73. The van der Waals surface area contributed by atoms with Crippen molar-refractivity contribution in [3.8, 4) is 0 Å². The van der Waals surface area contributed by atoms with Gasteiger partial charge in [-0.05, 0) is 31.7 Å². The highest BCUT2D eigenvalue weighted by atomic mass is 32.2. The predicted octanol–water partition coefficient (Wildman–Crippen LogP) is 0.673. The van der Waals surface area contributed by atoms with Crippen molar-refractivity contribution in [2.24, 2.45) is 5.92 Å². The minimum absolute atomic E-state index is 0.434. The Hall–Kier alpha value is -0.170. The summed E-state index contributed by atoms with van der Waals surface area (Å²) in [7, 11) is -1.33. The summed E-state index contributed by atoms with van der Waals surface area (Å²) in [6.45, 7) is 4.59. The number of nitrogens with one attached hydrogen (secondary N) is 1. The summed E-state index contributed by atoms with van der Waals surface area (Å²) in [4.78, 5) is 0. The van der Waals surface area contributed by atoms with Crippen LogP contribution in [-0.4, -0.2) is 58.4 Å². The summed E-state index contributed by atoms with van der Waals surface area (Å²) in [6.07, 6.45) is 4.67. The summed E-state index contributed by atoms with van der Waals surface area (Å²) in [5, 5.41) is 3.47. The minimum atomic E-state index is -3.05. The minimum Gasteiger partial charge on any atom is -0.383 e. The van der Waals surface area contributed by atoms with Crippen LogP contribution in [0.2, 0.25) is 0 Å². The summed E-state index contributed by atoms with van der Waals surface area (Å²) in [5.41, 5.74) is 0. The summed E-state index contributed by atoms with van der Waals surface area (Å²) in [6, 6.07) is 0.434. The topological polar surface area (TPSA) is 58.6 Å². The van der Waals surface area contributed by atoms with Crippen LogP contribution in [0.25, 0.3) is 0 Å². The number of rotatable bonds is 10. The molecule has 0 spiro atoms. The van der Waals surface area contributed by atoms with Crippen LogP contribution in [-0.2, 0) is 14.8 Å². The van der Waals surface area contributed by atoms with E-state index in [4.69, 9.17) is 4.74 Å². The molecule has 0 aromatic heterocycles. The van der Waals surface area contributed by atoms with Crippen LogP contribution in [0, 0.1) is 5.92 Å². The van der Waals surface area contributed by atoms with Gasteiger partial charge in [0.25, 0.3) is 0 Å². The van der Waals surface area contributed by atoms with Crippen molar-refractivity contribution in [1.29, 1.82) is 0 Å². The Morgan fingerprint density at radius 3 is 2.56 bits per heavy atom.